The molecule has 0 fully saturated rings. The predicted octanol–water partition coefficient (Wildman–Crippen LogP) is 2.71. The molecule has 104 valence electrons. The molecule has 1 rings (SSSR count). The van der Waals surface area contributed by atoms with Gasteiger partial charge in [0.15, 0.2) is 23.6 Å². The number of phenolic OH excluding ortho intramolecular Hbond substituents is 2. The van der Waals surface area contributed by atoms with E-state index in [1.54, 1.807) is 18.2 Å². The van der Waals surface area contributed by atoms with E-state index in [1.807, 2.05) is 19.1 Å². The molecule has 0 amide bonds. The molecule has 20 heavy (non-hydrogen) atoms. The van der Waals surface area contributed by atoms with Crippen molar-refractivity contribution in [2.45, 2.75) is 13.3 Å². The van der Waals surface area contributed by atoms with Gasteiger partial charge in [-0.25, -0.2) is 0 Å². The number of carbonyl (C=O) groups excluding carboxylic acids is 2. The van der Waals surface area contributed by atoms with Crippen molar-refractivity contribution in [1.82, 2.24) is 0 Å². The summed E-state index contributed by atoms with van der Waals surface area (Å²) in [6.07, 6.45) is 10.6. The van der Waals surface area contributed by atoms with Gasteiger partial charge in [-0.05, 0) is 24.6 Å². The number of aldehydes is 1. The third-order valence-electron chi connectivity index (χ3n) is 2.58. The van der Waals surface area contributed by atoms with Crippen LogP contribution in [0.15, 0.2) is 48.6 Å². The van der Waals surface area contributed by atoms with Gasteiger partial charge in [-0.2, -0.15) is 0 Å². The molecule has 1 aromatic carbocycles. The minimum Gasteiger partial charge on any atom is -0.504 e. The summed E-state index contributed by atoms with van der Waals surface area (Å²) in [6.45, 7) is 1.89. The first-order valence-corrected chi connectivity index (χ1v) is 6.08. The van der Waals surface area contributed by atoms with Crippen LogP contribution in [0, 0.1) is 0 Å². The van der Waals surface area contributed by atoms with Crippen LogP contribution in [-0.4, -0.2) is 22.3 Å². The zero-order valence-electron chi connectivity index (χ0n) is 11.1. The number of benzene rings is 1. The second kappa shape index (κ2) is 7.74. The number of phenols is 2. The van der Waals surface area contributed by atoms with E-state index < -0.39 is 5.75 Å². The molecule has 0 spiro atoms. The normalized spacial score (nSPS) is 11.7. The maximum absolute atomic E-state index is 11.7. The van der Waals surface area contributed by atoms with Crippen LogP contribution in [0.5, 0.6) is 11.5 Å². The molecule has 0 atom stereocenters. The average molecular weight is 272 g/mol. The lowest BCUT2D eigenvalue weighted by molar-refractivity contribution is -0.114. The second-order valence-corrected chi connectivity index (χ2v) is 4.04. The Hall–Kier alpha value is -2.62. The molecule has 0 unspecified atom stereocenters. The third-order valence-corrected chi connectivity index (χ3v) is 2.58. The molecule has 4 nitrogen and oxygen atoms in total. The number of carbonyl (C=O) groups is 2. The molecular formula is C16H16O4. The standard InChI is InChI=1S/C16H16O4/c1-2-3-4-5-6-7-13(18)10-12-8-9-15(19)16(20)14(12)11-17/h2-9,11,19-20H,10H2,1H3/b3-2+,5-4+,7-6+. The van der Waals surface area contributed by atoms with Crippen molar-refractivity contribution >= 4 is 12.1 Å². The van der Waals surface area contributed by atoms with Gasteiger partial charge in [0.1, 0.15) is 0 Å². The van der Waals surface area contributed by atoms with Crippen LogP contribution in [0.4, 0.5) is 0 Å². The summed E-state index contributed by atoms with van der Waals surface area (Å²) < 4.78 is 0. The van der Waals surface area contributed by atoms with E-state index >= 15 is 0 Å². The highest BCUT2D eigenvalue weighted by Crippen LogP contribution is 2.30. The molecule has 0 aliphatic carbocycles. The number of hydrogen-bond donors (Lipinski definition) is 2. The zero-order valence-corrected chi connectivity index (χ0v) is 11.1. The van der Waals surface area contributed by atoms with E-state index in [-0.39, 0.29) is 23.5 Å². The van der Waals surface area contributed by atoms with Crippen LogP contribution >= 0.6 is 0 Å². The summed E-state index contributed by atoms with van der Waals surface area (Å²) in [5, 5.41) is 18.8. The molecule has 4 heteroatoms. The summed E-state index contributed by atoms with van der Waals surface area (Å²) >= 11 is 0. The fourth-order valence-electron chi connectivity index (χ4n) is 1.57. The Morgan fingerprint density at radius 1 is 1.15 bits per heavy atom. The summed E-state index contributed by atoms with van der Waals surface area (Å²) in [4.78, 5) is 22.6. The van der Waals surface area contributed by atoms with Crippen LogP contribution < -0.4 is 0 Å². The molecule has 0 saturated heterocycles. The van der Waals surface area contributed by atoms with Crippen molar-refractivity contribution in [3.63, 3.8) is 0 Å². The number of ketones is 1. The first-order chi connectivity index (χ1) is 9.60. The monoisotopic (exact) mass is 272 g/mol. The average Bonchev–Trinajstić information content (AvgIpc) is 2.43. The summed E-state index contributed by atoms with van der Waals surface area (Å²) in [5.41, 5.74) is 0.318. The van der Waals surface area contributed by atoms with Gasteiger partial charge in [0.25, 0.3) is 0 Å². The molecule has 0 radical (unpaired) electrons. The maximum atomic E-state index is 11.7. The van der Waals surface area contributed by atoms with Crippen LogP contribution in [0.25, 0.3) is 0 Å². The topological polar surface area (TPSA) is 74.6 Å². The predicted molar refractivity (Wildman–Crippen MR) is 77.0 cm³/mol. The Bertz CT molecular complexity index is 580. The lowest BCUT2D eigenvalue weighted by atomic mass is 10.0. The highest BCUT2D eigenvalue weighted by Gasteiger charge is 2.13. The third kappa shape index (κ3) is 4.24. The van der Waals surface area contributed by atoms with Crippen LogP contribution in [0.1, 0.15) is 22.8 Å². The number of rotatable bonds is 6. The molecule has 1 aromatic rings. The van der Waals surface area contributed by atoms with Gasteiger partial charge in [-0.3, -0.25) is 9.59 Å². The van der Waals surface area contributed by atoms with Crippen molar-refractivity contribution in [3.05, 3.63) is 59.7 Å². The van der Waals surface area contributed by atoms with E-state index in [4.69, 9.17) is 0 Å². The Labute approximate surface area is 117 Å². The van der Waals surface area contributed by atoms with Crippen LogP contribution in [0.2, 0.25) is 0 Å². The van der Waals surface area contributed by atoms with Crippen molar-refractivity contribution in [2.24, 2.45) is 0 Å². The molecule has 0 aliphatic rings. The molecule has 0 heterocycles. The van der Waals surface area contributed by atoms with Crippen LogP contribution in [-0.2, 0) is 11.2 Å². The van der Waals surface area contributed by atoms with E-state index in [1.165, 1.54) is 18.2 Å². The molecular weight excluding hydrogens is 256 g/mol. The Morgan fingerprint density at radius 3 is 2.50 bits per heavy atom. The summed E-state index contributed by atoms with van der Waals surface area (Å²) in [5.74, 6) is -1.08. The second-order valence-electron chi connectivity index (χ2n) is 4.04. The lowest BCUT2D eigenvalue weighted by Gasteiger charge is -2.06. The molecule has 2 N–H and O–H groups in total. The van der Waals surface area contributed by atoms with Crippen molar-refractivity contribution < 1.29 is 19.8 Å². The highest BCUT2D eigenvalue weighted by molar-refractivity contribution is 5.94. The number of hydrogen-bond acceptors (Lipinski definition) is 4. The van der Waals surface area contributed by atoms with E-state index in [2.05, 4.69) is 0 Å². The van der Waals surface area contributed by atoms with Gasteiger partial charge in [-0.15, -0.1) is 0 Å². The maximum Gasteiger partial charge on any atom is 0.168 e. The van der Waals surface area contributed by atoms with E-state index in [9.17, 15) is 19.8 Å². The van der Waals surface area contributed by atoms with Crippen molar-refractivity contribution in [2.75, 3.05) is 0 Å². The largest absolute Gasteiger partial charge is 0.504 e. The van der Waals surface area contributed by atoms with Crippen LogP contribution in [0.3, 0.4) is 0 Å². The number of aromatic hydroxyl groups is 2. The quantitative estimate of drug-likeness (QED) is 0.361. The van der Waals surface area contributed by atoms with E-state index in [0.717, 1.165) is 0 Å². The van der Waals surface area contributed by atoms with Crippen molar-refractivity contribution in [3.8, 4) is 11.5 Å². The smallest absolute Gasteiger partial charge is 0.168 e. The fourth-order valence-corrected chi connectivity index (χ4v) is 1.57. The van der Waals surface area contributed by atoms with Gasteiger partial charge in [0.05, 0.1) is 5.56 Å². The fraction of sp³-hybridized carbons (Fsp3) is 0.125. The first-order valence-electron chi connectivity index (χ1n) is 6.08. The Kier molecular flexibility index (Phi) is 5.97. The highest BCUT2D eigenvalue weighted by atomic mass is 16.3. The summed E-state index contributed by atoms with van der Waals surface area (Å²) in [6, 6.07) is 2.70. The van der Waals surface area contributed by atoms with Gasteiger partial charge < -0.3 is 10.2 Å². The van der Waals surface area contributed by atoms with E-state index in [0.29, 0.717) is 11.8 Å². The Morgan fingerprint density at radius 2 is 1.85 bits per heavy atom. The minimum atomic E-state index is -0.498. The Balaban J connectivity index is 2.81. The SMILES string of the molecule is C/C=C/C=C/C=C/C(=O)Cc1ccc(O)c(O)c1C=O. The summed E-state index contributed by atoms with van der Waals surface area (Å²) in [7, 11) is 0. The van der Waals surface area contributed by atoms with Crippen molar-refractivity contribution in [1.29, 1.82) is 0 Å². The lowest BCUT2D eigenvalue weighted by Crippen LogP contribution is -2.02. The van der Waals surface area contributed by atoms with Gasteiger partial charge in [0, 0.05) is 6.42 Å². The zero-order chi connectivity index (χ0) is 15.0. The molecule has 0 aliphatic heterocycles. The van der Waals surface area contributed by atoms with Gasteiger partial charge >= 0.3 is 0 Å². The minimum absolute atomic E-state index is 0.0180. The first kappa shape index (κ1) is 15.4. The molecule has 0 aromatic heterocycles. The van der Waals surface area contributed by atoms with Gasteiger partial charge in [0.2, 0.25) is 0 Å². The number of allylic oxidation sites excluding steroid dienone is 6. The van der Waals surface area contributed by atoms with Gasteiger partial charge in [-0.1, -0.05) is 36.4 Å². The molecule has 0 bridgehead atoms. The molecule has 0 saturated carbocycles.